The van der Waals surface area contributed by atoms with Crippen molar-refractivity contribution >= 4 is 21.4 Å². The second-order valence-corrected chi connectivity index (χ2v) is 8.82. The standard InChI is InChI=1S/C25H25NO3S/c1-6-21(16-15-20(3)25(27)29-4)17-18-22-12-8-9-13-23(22)26-30(5,28)24-14-10-7-11-19(24)2/h6-16H,1H2,2-5H3/b20-15+,21-16+. The fraction of sp³-hybridized carbons (Fsp3) is 0.160. The SMILES string of the molecule is C=C/C(C#Cc1ccccc1N=S(C)(=O)c1ccccc1C)=C\C=C(/C)C(=O)OC. The van der Waals surface area contributed by atoms with Crippen molar-refractivity contribution in [2.75, 3.05) is 13.4 Å². The predicted molar refractivity (Wildman–Crippen MR) is 123 cm³/mol. The zero-order valence-corrected chi connectivity index (χ0v) is 18.5. The lowest BCUT2D eigenvalue weighted by atomic mass is 10.1. The fourth-order valence-corrected chi connectivity index (χ4v) is 4.25. The number of methoxy groups -OCH3 is 1. The van der Waals surface area contributed by atoms with Gasteiger partial charge in [0.2, 0.25) is 0 Å². The molecule has 4 nitrogen and oxygen atoms in total. The van der Waals surface area contributed by atoms with Crippen LogP contribution in [-0.2, 0) is 19.3 Å². The maximum atomic E-state index is 13.3. The summed E-state index contributed by atoms with van der Waals surface area (Å²) in [7, 11) is -1.30. The Bertz CT molecular complexity index is 1200. The molecule has 1 unspecified atom stereocenters. The zero-order chi connectivity index (χ0) is 22.1. The van der Waals surface area contributed by atoms with Crippen molar-refractivity contribution in [1.29, 1.82) is 0 Å². The largest absolute Gasteiger partial charge is 0.466 e. The minimum atomic E-state index is -2.63. The quantitative estimate of drug-likeness (QED) is 0.283. The normalized spacial score (nSPS) is 13.5. The molecule has 0 aliphatic rings. The third kappa shape index (κ3) is 6.07. The summed E-state index contributed by atoms with van der Waals surface area (Å²) >= 11 is 0. The Hall–Kier alpha value is -3.36. The summed E-state index contributed by atoms with van der Waals surface area (Å²) in [4.78, 5) is 12.2. The first-order valence-electron chi connectivity index (χ1n) is 9.26. The summed E-state index contributed by atoms with van der Waals surface area (Å²) in [6.45, 7) is 7.34. The van der Waals surface area contributed by atoms with Gasteiger partial charge in [0, 0.05) is 17.4 Å². The van der Waals surface area contributed by atoms with E-state index in [-0.39, 0.29) is 0 Å². The number of carbonyl (C=O) groups excluding carboxylic acids is 1. The van der Waals surface area contributed by atoms with Gasteiger partial charge in [-0.25, -0.2) is 9.00 Å². The third-order valence-corrected chi connectivity index (χ3v) is 6.08. The minimum Gasteiger partial charge on any atom is -0.466 e. The first-order chi connectivity index (χ1) is 14.3. The Labute approximate surface area is 179 Å². The molecule has 0 amide bonds. The highest BCUT2D eigenvalue weighted by atomic mass is 32.2. The van der Waals surface area contributed by atoms with E-state index in [2.05, 4.69) is 27.5 Å². The number of nitrogens with zero attached hydrogens (tertiary/aromatic N) is 1. The number of rotatable bonds is 5. The van der Waals surface area contributed by atoms with E-state index < -0.39 is 15.7 Å². The Balaban J connectivity index is 2.46. The summed E-state index contributed by atoms with van der Waals surface area (Å²) in [6, 6.07) is 14.8. The Morgan fingerprint density at radius 3 is 2.47 bits per heavy atom. The second kappa shape index (κ2) is 10.4. The molecule has 0 saturated carbocycles. The average molecular weight is 420 g/mol. The molecule has 2 rings (SSSR count). The van der Waals surface area contributed by atoms with Gasteiger partial charge in [-0.15, -0.1) is 0 Å². The van der Waals surface area contributed by atoms with E-state index in [1.54, 1.807) is 37.5 Å². The van der Waals surface area contributed by atoms with Crippen molar-refractivity contribution < 1.29 is 13.7 Å². The second-order valence-electron chi connectivity index (χ2n) is 6.59. The molecule has 30 heavy (non-hydrogen) atoms. The molecule has 0 aliphatic carbocycles. The van der Waals surface area contributed by atoms with Gasteiger partial charge < -0.3 is 4.74 Å². The molecule has 1 atom stereocenters. The van der Waals surface area contributed by atoms with Crippen LogP contribution in [0.1, 0.15) is 18.1 Å². The lowest BCUT2D eigenvalue weighted by molar-refractivity contribution is -0.136. The maximum Gasteiger partial charge on any atom is 0.333 e. The van der Waals surface area contributed by atoms with Gasteiger partial charge in [-0.1, -0.05) is 60.9 Å². The van der Waals surface area contributed by atoms with Crippen molar-refractivity contribution in [3.63, 3.8) is 0 Å². The van der Waals surface area contributed by atoms with E-state index in [1.165, 1.54) is 7.11 Å². The van der Waals surface area contributed by atoms with Crippen LogP contribution in [0.3, 0.4) is 0 Å². The number of benzene rings is 2. The number of hydrogen-bond acceptors (Lipinski definition) is 4. The van der Waals surface area contributed by atoms with Gasteiger partial charge in [0.05, 0.1) is 33.0 Å². The Morgan fingerprint density at radius 2 is 1.80 bits per heavy atom. The topological polar surface area (TPSA) is 55.7 Å². The van der Waals surface area contributed by atoms with Gasteiger partial charge in [0.15, 0.2) is 0 Å². The van der Waals surface area contributed by atoms with Crippen LogP contribution < -0.4 is 0 Å². The molecule has 0 aliphatic heterocycles. The molecule has 154 valence electrons. The monoisotopic (exact) mass is 419 g/mol. The van der Waals surface area contributed by atoms with Crippen LogP contribution in [0.25, 0.3) is 0 Å². The summed E-state index contributed by atoms with van der Waals surface area (Å²) in [6.07, 6.45) is 6.56. The lowest BCUT2D eigenvalue weighted by Crippen LogP contribution is -2.00. The molecule has 2 aromatic rings. The molecule has 0 spiro atoms. The number of ether oxygens (including phenoxy) is 1. The molecule has 2 aromatic carbocycles. The van der Waals surface area contributed by atoms with E-state index in [4.69, 9.17) is 0 Å². The van der Waals surface area contributed by atoms with E-state index in [9.17, 15) is 9.00 Å². The summed E-state index contributed by atoms with van der Waals surface area (Å²) in [5, 5.41) is 0. The van der Waals surface area contributed by atoms with Crippen LogP contribution in [0.4, 0.5) is 5.69 Å². The molecule has 0 radical (unpaired) electrons. The number of hydrogen-bond donors (Lipinski definition) is 0. The first kappa shape index (κ1) is 22.9. The number of aryl methyl sites for hydroxylation is 1. The molecule has 0 saturated heterocycles. The summed E-state index contributed by atoms with van der Waals surface area (Å²) < 4.78 is 22.5. The van der Waals surface area contributed by atoms with Gasteiger partial charge in [0.1, 0.15) is 0 Å². The van der Waals surface area contributed by atoms with Crippen LogP contribution >= 0.6 is 0 Å². The van der Waals surface area contributed by atoms with Crippen LogP contribution in [0.5, 0.6) is 0 Å². The first-order valence-corrected chi connectivity index (χ1v) is 11.2. The highest BCUT2D eigenvalue weighted by Crippen LogP contribution is 2.24. The number of allylic oxidation sites excluding steroid dienone is 4. The molecule has 0 bridgehead atoms. The maximum absolute atomic E-state index is 13.3. The van der Waals surface area contributed by atoms with Crippen molar-refractivity contribution in [3.8, 4) is 11.8 Å². The van der Waals surface area contributed by atoms with Crippen molar-refractivity contribution in [2.45, 2.75) is 18.7 Å². The smallest absolute Gasteiger partial charge is 0.333 e. The van der Waals surface area contributed by atoms with Crippen molar-refractivity contribution in [2.24, 2.45) is 4.36 Å². The van der Waals surface area contributed by atoms with E-state index >= 15 is 0 Å². The van der Waals surface area contributed by atoms with E-state index in [0.29, 0.717) is 27.3 Å². The Kier molecular flexibility index (Phi) is 7.97. The highest BCUT2D eigenvalue weighted by molar-refractivity contribution is 7.93. The van der Waals surface area contributed by atoms with Crippen LogP contribution in [-0.4, -0.2) is 23.5 Å². The summed E-state index contributed by atoms with van der Waals surface area (Å²) in [5.41, 5.74) is 3.23. The molecule has 5 heteroatoms. The molecule has 0 aromatic heterocycles. The van der Waals surface area contributed by atoms with E-state index in [1.807, 2.05) is 49.4 Å². The van der Waals surface area contributed by atoms with Gasteiger partial charge >= 0.3 is 5.97 Å². The zero-order valence-electron chi connectivity index (χ0n) is 17.6. The van der Waals surface area contributed by atoms with Crippen molar-refractivity contribution in [1.82, 2.24) is 0 Å². The highest BCUT2D eigenvalue weighted by Gasteiger charge is 2.10. The van der Waals surface area contributed by atoms with E-state index in [0.717, 1.165) is 5.56 Å². The fourth-order valence-electron chi connectivity index (χ4n) is 2.62. The van der Waals surface area contributed by atoms with Crippen LogP contribution in [0.2, 0.25) is 0 Å². The van der Waals surface area contributed by atoms with Gasteiger partial charge in [-0.05, 0) is 43.7 Å². The predicted octanol–water partition coefficient (Wildman–Crippen LogP) is 5.37. The van der Waals surface area contributed by atoms with Gasteiger partial charge in [-0.2, -0.15) is 4.36 Å². The molecular formula is C25H25NO3S. The number of carbonyl (C=O) groups is 1. The molecule has 0 heterocycles. The van der Waals surface area contributed by atoms with Gasteiger partial charge in [-0.3, -0.25) is 0 Å². The molecule has 0 N–H and O–H groups in total. The number of esters is 1. The third-order valence-electron chi connectivity index (χ3n) is 4.26. The Morgan fingerprint density at radius 1 is 1.13 bits per heavy atom. The van der Waals surface area contributed by atoms with Gasteiger partial charge in [0.25, 0.3) is 0 Å². The van der Waals surface area contributed by atoms with Crippen molar-refractivity contribution in [3.05, 3.63) is 95.6 Å². The molecule has 0 fully saturated rings. The van der Waals surface area contributed by atoms with Crippen LogP contribution in [0.15, 0.2) is 93.7 Å². The van der Waals surface area contributed by atoms with Crippen LogP contribution in [0, 0.1) is 18.8 Å². The minimum absolute atomic E-state index is 0.402. The summed E-state index contributed by atoms with van der Waals surface area (Å²) in [5.74, 6) is 5.68. The lowest BCUT2D eigenvalue weighted by Gasteiger charge is -2.08. The molecular weight excluding hydrogens is 394 g/mol. The average Bonchev–Trinajstić information content (AvgIpc) is 2.74.